The number of isocyanates is 1. The molecule has 184 valence electrons. The van der Waals surface area contributed by atoms with Crippen LogP contribution in [0.2, 0.25) is 0 Å². The lowest BCUT2D eigenvalue weighted by Crippen LogP contribution is -2.54. The molecular weight excluding hydrogens is 412 g/mol. The molecule has 2 fully saturated rings. The molecule has 2 aliphatic heterocycles. The van der Waals surface area contributed by atoms with Crippen molar-refractivity contribution in [3.63, 3.8) is 0 Å². The summed E-state index contributed by atoms with van der Waals surface area (Å²) >= 11 is 0. The van der Waals surface area contributed by atoms with Crippen LogP contribution in [0.4, 0.5) is 9.59 Å². The molecule has 32 heavy (non-hydrogen) atoms. The predicted molar refractivity (Wildman–Crippen MR) is 123 cm³/mol. The number of hydrogen-bond donors (Lipinski definition) is 1. The molecule has 9 heteroatoms. The minimum Gasteiger partial charge on any atom is -0.444 e. The number of carbonyl (C=O) groups is 2. The van der Waals surface area contributed by atoms with Gasteiger partial charge in [-0.2, -0.15) is 4.99 Å². The molecule has 2 heterocycles. The maximum atomic E-state index is 11.9. The Morgan fingerprint density at radius 3 is 1.72 bits per heavy atom. The first-order valence-electron chi connectivity index (χ1n) is 11.3. The molecule has 2 saturated heterocycles. The first-order chi connectivity index (χ1) is 14.5. The fourth-order valence-corrected chi connectivity index (χ4v) is 3.65. The normalized spacial score (nSPS) is 26.3. The topological polar surface area (TPSA) is 115 Å². The largest absolute Gasteiger partial charge is 0.444 e. The van der Waals surface area contributed by atoms with E-state index in [9.17, 15) is 14.4 Å². The molecule has 2 rings (SSSR count). The van der Waals surface area contributed by atoms with Crippen molar-refractivity contribution in [3.05, 3.63) is 0 Å². The quantitative estimate of drug-likeness (QED) is 0.475. The summed E-state index contributed by atoms with van der Waals surface area (Å²) in [5.41, 5.74) is 4.30. The third kappa shape index (κ3) is 10.5. The van der Waals surface area contributed by atoms with Crippen LogP contribution < -0.4 is 5.73 Å². The number of nitrogens with two attached hydrogens (primary N) is 1. The third-order valence-corrected chi connectivity index (χ3v) is 5.02. The SMILES string of the molecule is CC1(N)CCCN(C(=O)OC(C)(C)C)C1.CC1(N=C=O)CCCN(C(=O)OC(C)(C)C)C1. The summed E-state index contributed by atoms with van der Waals surface area (Å²) < 4.78 is 10.6. The smallest absolute Gasteiger partial charge is 0.410 e. The molecule has 0 bridgehead atoms. The molecule has 0 aromatic heterocycles. The van der Waals surface area contributed by atoms with Gasteiger partial charge in [-0.15, -0.1) is 0 Å². The van der Waals surface area contributed by atoms with Gasteiger partial charge in [-0.25, -0.2) is 14.4 Å². The van der Waals surface area contributed by atoms with Gasteiger partial charge in [-0.3, -0.25) is 0 Å². The van der Waals surface area contributed by atoms with Crippen LogP contribution >= 0.6 is 0 Å². The van der Waals surface area contributed by atoms with Gasteiger partial charge in [0, 0.05) is 31.7 Å². The second-order valence-corrected chi connectivity index (χ2v) is 11.4. The zero-order valence-corrected chi connectivity index (χ0v) is 21.1. The second kappa shape index (κ2) is 10.7. The highest BCUT2D eigenvalue weighted by molar-refractivity contribution is 5.69. The fraction of sp³-hybridized carbons (Fsp3) is 0.870. The van der Waals surface area contributed by atoms with E-state index in [2.05, 4.69) is 4.99 Å². The van der Waals surface area contributed by atoms with Crippen LogP contribution in [-0.2, 0) is 14.3 Å². The van der Waals surface area contributed by atoms with E-state index in [1.165, 1.54) is 0 Å². The number of amides is 2. The Kier molecular flexibility index (Phi) is 9.30. The Balaban J connectivity index is 0.000000323. The minimum atomic E-state index is -0.517. The average molecular weight is 455 g/mol. The van der Waals surface area contributed by atoms with Crippen LogP contribution in [0.25, 0.3) is 0 Å². The van der Waals surface area contributed by atoms with Crippen molar-refractivity contribution in [2.75, 3.05) is 26.2 Å². The van der Waals surface area contributed by atoms with Gasteiger partial charge in [0.1, 0.15) is 11.2 Å². The highest BCUT2D eigenvalue weighted by Gasteiger charge is 2.35. The van der Waals surface area contributed by atoms with Gasteiger partial charge >= 0.3 is 12.2 Å². The molecule has 0 aliphatic carbocycles. The van der Waals surface area contributed by atoms with Gasteiger partial charge in [-0.1, -0.05) is 0 Å². The zero-order valence-electron chi connectivity index (χ0n) is 21.1. The Morgan fingerprint density at radius 2 is 1.31 bits per heavy atom. The number of nitrogens with zero attached hydrogens (tertiary/aromatic N) is 3. The van der Waals surface area contributed by atoms with Crippen LogP contribution in [0.1, 0.15) is 81.1 Å². The molecule has 0 saturated carbocycles. The van der Waals surface area contributed by atoms with Gasteiger partial charge in [0.15, 0.2) is 0 Å². The summed E-state index contributed by atoms with van der Waals surface area (Å²) in [5, 5.41) is 0. The molecule has 9 nitrogen and oxygen atoms in total. The lowest BCUT2D eigenvalue weighted by Gasteiger charge is -2.38. The first-order valence-corrected chi connectivity index (χ1v) is 11.3. The highest BCUT2D eigenvalue weighted by atomic mass is 16.6. The molecule has 2 N–H and O–H groups in total. The molecular formula is C23H42N4O5. The van der Waals surface area contributed by atoms with Crippen molar-refractivity contribution >= 4 is 18.3 Å². The van der Waals surface area contributed by atoms with Crippen molar-refractivity contribution in [2.24, 2.45) is 10.7 Å². The minimum absolute atomic E-state index is 0.251. The van der Waals surface area contributed by atoms with Gasteiger partial charge in [0.2, 0.25) is 6.08 Å². The van der Waals surface area contributed by atoms with Crippen LogP contribution in [0, 0.1) is 0 Å². The van der Waals surface area contributed by atoms with Gasteiger partial charge < -0.3 is 25.0 Å². The molecule has 0 aromatic rings. The van der Waals surface area contributed by atoms with E-state index < -0.39 is 16.7 Å². The van der Waals surface area contributed by atoms with Crippen molar-refractivity contribution < 1.29 is 23.9 Å². The van der Waals surface area contributed by atoms with Crippen LogP contribution in [-0.4, -0.2) is 76.5 Å². The maximum absolute atomic E-state index is 11.9. The van der Waals surface area contributed by atoms with Crippen LogP contribution in [0.15, 0.2) is 4.99 Å². The molecule has 2 unspecified atom stereocenters. The fourth-order valence-electron chi connectivity index (χ4n) is 3.65. The Bertz CT molecular complexity index is 704. The molecule has 0 spiro atoms. The summed E-state index contributed by atoms with van der Waals surface area (Å²) in [7, 11) is 0. The number of aliphatic imine (C=N–C) groups is 1. The third-order valence-electron chi connectivity index (χ3n) is 5.02. The Labute approximate surface area is 192 Å². The van der Waals surface area contributed by atoms with Crippen LogP contribution in [0.5, 0.6) is 0 Å². The van der Waals surface area contributed by atoms with E-state index >= 15 is 0 Å². The van der Waals surface area contributed by atoms with Crippen molar-refractivity contribution in [1.82, 2.24) is 9.80 Å². The molecule has 2 amide bonds. The lowest BCUT2D eigenvalue weighted by molar-refractivity contribution is 0.0144. The summed E-state index contributed by atoms with van der Waals surface area (Å²) in [6.07, 6.45) is 4.52. The van der Waals surface area contributed by atoms with E-state index in [-0.39, 0.29) is 17.7 Å². The monoisotopic (exact) mass is 454 g/mol. The standard InChI is InChI=1S/C12H20N2O3.C11H22N2O2/c1-11(2,3)17-10(16)14-7-5-6-12(4,8-14)13-9-15;1-10(2,3)15-9(14)13-7-5-6-11(4,12)8-13/h5-8H2,1-4H3;5-8,12H2,1-4H3. The Hall–Kier alpha value is -2.12. The summed E-state index contributed by atoms with van der Waals surface area (Å²) in [6, 6.07) is 0. The lowest BCUT2D eigenvalue weighted by atomic mass is 9.92. The summed E-state index contributed by atoms with van der Waals surface area (Å²) in [5.74, 6) is 0. The van der Waals surface area contributed by atoms with Gasteiger partial charge in [0.05, 0.1) is 5.54 Å². The number of likely N-dealkylation sites (tertiary alicyclic amines) is 2. The number of rotatable bonds is 1. The van der Waals surface area contributed by atoms with Crippen LogP contribution in [0.3, 0.4) is 0 Å². The van der Waals surface area contributed by atoms with Gasteiger partial charge in [-0.05, 0) is 81.1 Å². The zero-order chi connectivity index (χ0) is 24.8. The number of carbonyl (C=O) groups excluding carboxylic acids is 3. The number of piperidine rings is 2. The highest BCUT2D eigenvalue weighted by Crippen LogP contribution is 2.25. The van der Waals surface area contributed by atoms with E-state index in [4.69, 9.17) is 15.2 Å². The molecule has 2 atom stereocenters. The van der Waals surface area contributed by atoms with Gasteiger partial charge in [0.25, 0.3) is 0 Å². The summed E-state index contributed by atoms with van der Waals surface area (Å²) in [6.45, 7) is 17.3. The summed E-state index contributed by atoms with van der Waals surface area (Å²) in [4.78, 5) is 41.1. The van der Waals surface area contributed by atoms with E-state index in [1.54, 1.807) is 15.9 Å². The maximum Gasteiger partial charge on any atom is 0.410 e. The first kappa shape index (κ1) is 27.9. The molecule has 0 radical (unpaired) electrons. The molecule has 2 aliphatic rings. The average Bonchev–Trinajstić information content (AvgIpc) is 2.58. The number of ether oxygens (including phenoxy) is 2. The number of hydrogen-bond acceptors (Lipinski definition) is 7. The van der Waals surface area contributed by atoms with Crippen molar-refractivity contribution in [3.8, 4) is 0 Å². The van der Waals surface area contributed by atoms with E-state index in [0.29, 0.717) is 19.6 Å². The predicted octanol–water partition coefficient (Wildman–Crippen LogP) is 3.85. The van der Waals surface area contributed by atoms with E-state index in [1.807, 2.05) is 55.4 Å². The van der Waals surface area contributed by atoms with Crippen molar-refractivity contribution in [1.29, 1.82) is 0 Å². The van der Waals surface area contributed by atoms with E-state index in [0.717, 1.165) is 32.2 Å². The molecule has 0 aromatic carbocycles. The van der Waals surface area contributed by atoms with Crippen molar-refractivity contribution in [2.45, 2.75) is 103 Å². The second-order valence-electron chi connectivity index (χ2n) is 11.4. The Morgan fingerprint density at radius 1 is 0.875 bits per heavy atom.